The van der Waals surface area contributed by atoms with Gasteiger partial charge in [0, 0.05) is 0 Å². The first-order valence-corrected chi connectivity index (χ1v) is 8.19. The van der Waals surface area contributed by atoms with Crippen LogP contribution in [-0.2, 0) is 0 Å². The van der Waals surface area contributed by atoms with Crippen LogP contribution in [-0.4, -0.2) is 15.7 Å². The second-order valence-corrected chi connectivity index (χ2v) is 9.56. The fourth-order valence-electron chi connectivity index (χ4n) is 0.752. The average molecular weight is 382 g/mol. The summed E-state index contributed by atoms with van der Waals surface area (Å²) in [4.78, 5) is 1.41. The predicted octanol–water partition coefficient (Wildman–Crippen LogP) is 4.45. The maximum Gasteiger partial charge on any atom is 0.123 e. The van der Waals surface area contributed by atoms with E-state index in [2.05, 4.69) is 31.9 Å². The fraction of sp³-hybridized carbons (Fsp3) is 0. The molecule has 0 aliphatic carbocycles. The topological polar surface area (TPSA) is 0 Å². The molecule has 0 atom stereocenters. The van der Waals surface area contributed by atoms with Gasteiger partial charge in [-0.25, -0.2) is 0 Å². The van der Waals surface area contributed by atoms with E-state index in [0.717, 1.165) is 7.63 Å². The Morgan fingerprint density at radius 3 is 1.50 bits per heavy atom. The van der Waals surface area contributed by atoms with Crippen molar-refractivity contribution in [2.75, 3.05) is 0 Å². The van der Waals surface area contributed by atoms with Crippen LogP contribution in [0.3, 0.4) is 0 Å². The number of hydrogen-bond acceptors (Lipinski definition) is 4. The molecule has 0 nitrogen and oxygen atoms in total. The molecule has 0 spiro atoms. The Labute approximate surface area is 119 Å². The number of halogens is 2. The van der Waals surface area contributed by atoms with Crippen molar-refractivity contribution < 1.29 is 0 Å². The van der Waals surface area contributed by atoms with Crippen molar-refractivity contribution in [3.63, 3.8) is 0 Å². The van der Waals surface area contributed by atoms with Crippen molar-refractivity contribution in [1.82, 2.24) is 0 Å². The van der Waals surface area contributed by atoms with E-state index >= 15 is 0 Å². The molecule has 2 rings (SSSR count). The molecule has 0 saturated heterocycles. The summed E-state index contributed by atoms with van der Waals surface area (Å²) in [5.74, 6) is 0. The zero-order valence-corrected chi connectivity index (χ0v) is 13.0. The minimum Gasteiger partial charge on any atom is -0.0970 e. The lowest BCUT2D eigenvalue weighted by Crippen LogP contribution is -1.72. The van der Waals surface area contributed by atoms with E-state index in [1.165, 1.54) is 32.0 Å². The Balaban J connectivity index is 2.17. The van der Waals surface area contributed by atoms with Crippen LogP contribution < -0.4 is 0 Å². The molecule has 4 radical (unpaired) electrons. The Hall–Kier alpha value is 1.71. The lowest BCUT2D eigenvalue weighted by atomic mass is 10.0. The van der Waals surface area contributed by atoms with Gasteiger partial charge < -0.3 is 0 Å². The Morgan fingerprint density at radius 1 is 0.714 bits per heavy atom. The molecule has 0 aromatic rings. The van der Waals surface area contributed by atoms with E-state index in [1.807, 2.05) is 0 Å². The van der Waals surface area contributed by atoms with Crippen LogP contribution in [0.1, 0.15) is 0 Å². The van der Waals surface area contributed by atoms with Crippen molar-refractivity contribution >= 4 is 94.6 Å². The third kappa shape index (κ3) is 2.51. The number of rotatable bonds is 0. The van der Waals surface area contributed by atoms with Crippen molar-refractivity contribution in [2.24, 2.45) is 0 Å². The molecule has 0 fully saturated rings. The predicted molar refractivity (Wildman–Crippen MR) is 80.8 cm³/mol. The molecule has 68 valence electrons. The van der Waals surface area contributed by atoms with E-state index in [1.54, 1.807) is 23.5 Å². The molecule has 2 aliphatic heterocycles. The molecule has 2 heterocycles. The molecule has 0 amide bonds. The average Bonchev–Trinajstić information content (AvgIpc) is 2.60. The maximum atomic E-state index is 5.71. The summed E-state index contributed by atoms with van der Waals surface area (Å²) in [5, 5.41) is 0. The van der Waals surface area contributed by atoms with Gasteiger partial charge in [0.05, 0.1) is 16.1 Å². The Morgan fingerprint density at radius 2 is 1.07 bits per heavy atom. The lowest BCUT2D eigenvalue weighted by Gasteiger charge is -2.00. The largest absolute Gasteiger partial charge is 0.123 e. The van der Waals surface area contributed by atoms with Crippen LogP contribution >= 0.6 is 78.9 Å². The SMILES string of the molecule is [B]C1=C([B])SC(=C2SC(Br)=C(Br)S2)S1. The molecule has 14 heavy (non-hydrogen) atoms. The summed E-state index contributed by atoms with van der Waals surface area (Å²) >= 11 is 13.4. The third-order valence-corrected chi connectivity index (χ3v) is 9.13. The van der Waals surface area contributed by atoms with Crippen LogP contribution in [0.2, 0.25) is 0 Å². The van der Waals surface area contributed by atoms with Gasteiger partial charge in [0.2, 0.25) is 0 Å². The van der Waals surface area contributed by atoms with E-state index in [4.69, 9.17) is 15.7 Å². The van der Waals surface area contributed by atoms with E-state index in [9.17, 15) is 0 Å². The molecular formula is C6B2Br2S4. The number of thioether (sulfide) groups is 4. The minimum absolute atomic E-state index is 0.706. The molecule has 0 saturated carbocycles. The summed E-state index contributed by atoms with van der Waals surface area (Å²) in [6.07, 6.45) is 0. The van der Waals surface area contributed by atoms with Crippen LogP contribution in [0.15, 0.2) is 25.7 Å². The van der Waals surface area contributed by atoms with Gasteiger partial charge in [-0.2, -0.15) is 0 Å². The van der Waals surface area contributed by atoms with Gasteiger partial charge in [0.15, 0.2) is 0 Å². The highest BCUT2D eigenvalue weighted by Gasteiger charge is 2.24. The third-order valence-electron chi connectivity index (χ3n) is 1.33. The summed E-state index contributed by atoms with van der Waals surface area (Å²) < 4.78 is 4.61. The highest BCUT2D eigenvalue weighted by atomic mass is 79.9. The standard InChI is InChI=1S/C6B2Br2S4/c7-1-2(8)12-5(11-1)6-13-3(9)4(10)14-6. The molecule has 0 unspecified atom stereocenters. The van der Waals surface area contributed by atoms with Crippen molar-refractivity contribution in [2.45, 2.75) is 0 Å². The summed E-state index contributed by atoms with van der Waals surface area (Å²) in [7, 11) is 11.4. The molecule has 0 bridgehead atoms. The summed E-state index contributed by atoms with van der Waals surface area (Å²) in [6.45, 7) is 0. The van der Waals surface area contributed by atoms with Gasteiger partial charge in [-0.05, 0) is 31.9 Å². The second kappa shape index (κ2) is 4.92. The maximum absolute atomic E-state index is 5.71. The Kier molecular flexibility index (Phi) is 4.28. The first-order chi connectivity index (χ1) is 6.58. The Bertz CT molecular complexity index is 319. The van der Waals surface area contributed by atoms with E-state index in [0.29, 0.717) is 9.61 Å². The molecule has 8 heteroatoms. The van der Waals surface area contributed by atoms with Crippen LogP contribution in [0.25, 0.3) is 0 Å². The van der Waals surface area contributed by atoms with Gasteiger partial charge in [0.1, 0.15) is 15.7 Å². The second-order valence-electron chi connectivity index (χ2n) is 2.26. The van der Waals surface area contributed by atoms with Gasteiger partial charge in [-0.3, -0.25) is 0 Å². The number of hydrogen-bond donors (Lipinski definition) is 0. The van der Waals surface area contributed by atoms with Gasteiger partial charge in [-0.1, -0.05) is 56.7 Å². The summed E-state index contributed by atoms with van der Waals surface area (Å²) in [5.41, 5.74) is 0. The zero-order valence-electron chi connectivity index (χ0n) is 6.54. The monoisotopic (exact) mass is 380 g/mol. The van der Waals surface area contributed by atoms with Crippen molar-refractivity contribution in [1.29, 1.82) is 0 Å². The quantitative estimate of drug-likeness (QED) is 0.568. The van der Waals surface area contributed by atoms with Crippen LogP contribution in [0.4, 0.5) is 0 Å². The zero-order chi connectivity index (χ0) is 10.3. The van der Waals surface area contributed by atoms with Crippen molar-refractivity contribution in [3.8, 4) is 0 Å². The van der Waals surface area contributed by atoms with Crippen molar-refractivity contribution in [3.05, 3.63) is 25.7 Å². The first kappa shape index (κ1) is 12.2. The first-order valence-electron chi connectivity index (χ1n) is 3.34. The van der Waals surface area contributed by atoms with Gasteiger partial charge >= 0.3 is 0 Å². The van der Waals surface area contributed by atoms with Crippen LogP contribution in [0.5, 0.6) is 0 Å². The van der Waals surface area contributed by atoms with Gasteiger partial charge in [0.25, 0.3) is 0 Å². The normalized spacial score (nSPS) is 23.0. The lowest BCUT2D eigenvalue weighted by molar-refractivity contribution is 2.33. The smallest absolute Gasteiger partial charge is 0.0970 e. The fourth-order valence-corrected chi connectivity index (χ4v) is 7.14. The molecule has 0 N–H and O–H groups in total. The summed E-state index contributed by atoms with van der Waals surface area (Å²) in [6, 6.07) is 0. The highest BCUT2D eigenvalue weighted by Crippen LogP contribution is 2.61. The minimum atomic E-state index is 0.706. The van der Waals surface area contributed by atoms with E-state index < -0.39 is 0 Å². The van der Waals surface area contributed by atoms with Crippen LogP contribution in [0, 0.1) is 0 Å². The van der Waals surface area contributed by atoms with Gasteiger partial charge in [-0.15, -0.1) is 0 Å². The van der Waals surface area contributed by atoms with E-state index in [-0.39, 0.29) is 0 Å². The molecule has 2 aliphatic rings. The highest BCUT2D eigenvalue weighted by molar-refractivity contribution is 9.17. The molecular weight excluding hydrogens is 382 g/mol. The molecule has 0 aromatic carbocycles. The molecule has 0 aromatic heterocycles.